The molecule has 1 heterocycles. The Morgan fingerprint density at radius 3 is 2.55 bits per heavy atom. The summed E-state index contributed by atoms with van der Waals surface area (Å²) in [5.41, 5.74) is 1.67. The fraction of sp³-hybridized carbons (Fsp3) is 0.467. The predicted molar refractivity (Wildman–Crippen MR) is 90.6 cm³/mol. The fourth-order valence-corrected chi connectivity index (χ4v) is 2.37. The van der Waals surface area contributed by atoms with E-state index in [1.807, 2.05) is 31.3 Å². The van der Waals surface area contributed by atoms with E-state index in [-0.39, 0.29) is 24.0 Å². The average Bonchev–Trinajstić information content (AvgIpc) is 2.74. The number of imidazole rings is 1. The molecule has 0 spiro atoms. The van der Waals surface area contributed by atoms with E-state index >= 15 is 0 Å². The lowest BCUT2D eigenvalue weighted by Crippen LogP contribution is -2.29. The summed E-state index contributed by atoms with van der Waals surface area (Å²) in [7, 11) is 3.63. The molecule has 0 saturated carbocycles. The van der Waals surface area contributed by atoms with Crippen LogP contribution in [0.25, 0.3) is 11.0 Å². The first kappa shape index (κ1) is 18.3. The van der Waals surface area contributed by atoms with Gasteiger partial charge in [-0.15, -0.1) is 12.4 Å². The van der Waals surface area contributed by atoms with Crippen molar-refractivity contribution in [1.29, 1.82) is 0 Å². The van der Waals surface area contributed by atoms with Gasteiger partial charge in [0.25, 0.3) is 0 Å². The summed E-state index contributed by atoms with van der Waals surface area (Å²) in [4.78, 5) is 24.0. The molecule has 1 aromatic carbocycles. The number of para-hydroxylation sites is 2. The minimum atomic E-state index is -0.0841. The van der Waals surface area contributed by atoms with Gasteiger partial charge < -0.3 is 10.6 Å². The van der Waals surface area contributed by atoms with Crippen LogP contribution in [0.2, 0.25) is 0 Å². The van der Waals surface area contributed by atoms with Crippen LogP contribution in [-0.2, 0) is 18.4 Å². The zero-order valence-corrected chi connectivity index (χ0v) is 13.8. The van der Waals surface area contributed by atoms with E-state index in [2.05, 4.69) is 10.6 Å². The molecule has 0 atom stereocenters. The van der Waals surface area contributed by atoms with Gasteiger partial charge in [-0.3, -0.25) is 13.9 Å². The molecule has 2 aromatic rings. The molecule has 2 N–H and O–H groups in total. The van der Waals surface area contributed by atoms with Crippen molar-refractivity contribution in [3.63, 3.8) is 0 Å². The third-order valence-corrected chi connectivity index (χ3v) is 3.54. The molecule has 0 unspecified atom stereocenters. The zero-order valence-electron chi connectivity index (χ0n) is 13.0. The first-order valence-electron chi connectivity index (χ1n) is 7.20. The van der Waals surface area contributed by atoms with Gasteiger partial charge in [0.15, 0.2) is 0 Å². The molecule has 0 aliphatic heterocycles. The van der Waals surface area contributed by atoms with E-state index in [1.54, 1.807) is 16.2 Å². The van der Waals surface area contributed by atoms with E-state index in [1.165, 1.54) is 0 Å². The molecule has 0 radical (unpaired) electrons. The molecule has 0 bridgehead atoms. The monoisotopic (exact) mass is 326 g/mol. The van der Waals surface area contributed by atoms with E-state index in [0.717, 1.165) is 24.0 Å². The topological polar surface area (TPSA) is 68.1 Å². The number of hydrogen-bond acceptors (Lipinski definition) is 3. The Labute approximate surface area is 135 Å². The number of carbonyl (C=O) groups is 1. The Balaban J connectivity index is 0.00000242. The number of rotatable bonds is 7. The van der Waals surface area contributed by atoms with Gasteiger partial charge in [0, 0.05) is 26.6 Å². The van der Waals surface area contributed by atoms with E-state index in [4.69, 9.17) is 0 Å². The second-order valence-electron chi connectivity index (χ2n) is 5.04. The average molecular weight is 327 g/mol. The molecule has 0 aliphatic carbocycles. The van der Waals surface area contributed by atoms with Crippen LogP contribution >= 0.6 is 12.4 Å². The maximum atomic E-state index is 12.2. The molecule has 0 saturated heterocycles. The maximum Gasteiger partial charge on any atom is 0.328 e. The second-order valence-corrected chi connectivity index (χ2v) is 5.04. The number of aromatic nitrogens is 2. The largest absolute Gasteiger partial charge is 0.356 e. The van der Waals surface area contributed by atoms with Crippen LogP contribution in [0.3, 0.4) is 0 Å². The summed E-state index contributed by atoms with van der Waals surface area (Å²) in [5, 5.41) is 5.89. The number of nitrogens with zero attached hydrogens (tertiary/aromatic N) is 2. The van der Waals surface area contributed by atoms with E-state index in [9.17, 15) is 9.59 Å². The Hall–Kier alpha value is -1.79. The number of halogens is 1. The normalized spacial score (nSPS) is 10.5. The number of hydrogen-bond donors (Lipinski definition) is 2. The number of amides is 1. The van der Waals surface area contributed by atoms with Crippen molar-refractivity contribution in [1.82, 2.24) is 19.8 Å². The Morgan fingerprint density at radius 2 is 1.86 bits per heavy atom. The first-order chi connectivity index (χ1) is 10.1. The first-order valence-corrected chi connectivity index (χ1v) is 7.20. The highest BCUT2D eigenvalue weighted by molar-refractivity contribution is 5.85. The van der Waals surface area contributed by atoms with Gasteiger partial charge in [0.1, 0.15) is 0 Å². The quantitative estimate of drug-likeness (QED) is 0.742. The summed E-state index contributed by atoms with van der Waals surface area (Å²) in [6.07, 6.45) is 1.21. The molecular weight excluding hydrogens is 304 g/mol. The lowest BCUT2D eigenvalue weighted by molar-refractivity contribution is -0.121. The van der Waals surface area contributed by atoms with Crippen molar-refractivity contribution in [3.05, 3.63) is 34.7 Å². The van der Waals surface area contributed by atoms with Crippen molar-refractivity contribution in [2.24, 2.45) is 7.05 Å². The van der Waals surface area contributed by atoms with Gasteiger partial charge in [-0.1, -0.05) is 12.1 Å². The highest BCUT2D eigenvalue weighted by Crippen LogP contribution is 2.11. The Bertz CT molecular complexity index is 678. The van der Waals surface area contributed by atoms with Crippen molar-refractivity contribution in [3.8, 4) is 0 Å². The highest BCUT2D eigenvalue weighted by Gasteiger charge is 2.11. The molecule has 0 fully saturated rings. The maximum absolute atomic E-state index is 12.2. The van der Waals surface area contributed by atoms with E-state index in [0.29, 0.717) is 19.5 Å². The smallest absolute Gasteiger partial charge is 0.328 e. The van der Waals surface area contributed by atoms with Crippen LogP contribution in [-0.4, -0.2) is 35.2 Å². The van der Waals surface area contributed by atoms with Gasteiger partial charge in [-0.2, -0.15) is 0 Å². The van der Waals surface area contributed by atoms with Crippen LogP contribution in [0.5, 0.6) is 0 Å². The van der Waals surface area contributed by atoms with Gasteiger partial charge in [-0.25, -0.2) is 4.79 Å². The SMILES string of the molecule is CNCCCNC(=O)CCn1c(=O)n(C)c2ccccc21.Cl. The predicted octanol–water partition coefficient (Wildman–Crippen LogP) is 0.878. The number of benzene rings is 1. The molecule has 2 rings (SSSR count). The molecular formula is C15H23ClN4O2. The van der Waals surface area contributed by atoms with Crippen LogP contribution in [0.1, 0.15) is 12.8 Å². The summed E-state index contributed by atoms with van der Waals surface area (Å²) in [6.45, 7) is 1.94. The number of nitrogens with one attached hydrogen (secondary N) is 2. The van der Waals surface area contributed by atoms with Crippen molar-refractivity contribution < 1.29 is 4.79 Å². The van der Waals surface area contributed by atoms with Crippen LogP contribution in [0, 0.1) is 0 Å². The third kappa shape index (κ3) is 4.11. The fourth-order valence-electron chi connectivity index (χ4n) is 2.37. The van der Waals surface area contributed by atoms with Crippen LogP contribution in [0.4, 0.5) is 0 Å². The lowest BCUT2D eigenvalue weighted by atomic mass is 10.3. The molecule has 122 valence electrons. The number of aryl methyl sites for hydroxylation is 2. The number of carbonyl (C=O) groups excluding carboxylic acids is 1. The molecule has 1 amide bonds. The minimum Gasteiger partial charge on any atom is -0.356 e. The van der Waals surface area contributed by atoms with Crippen molar-refractivity contribution in [2.45, 2.75) is 19.4 Å². The number of fused-ring (bicyclic) bond motifs is 1. The van der Waals surface area contributed by atoms with Gasteiger partial charge in [0.05, 0.1) is 11.0 Å². The summed E-state index contributed by atoms with van der Waals surface area (Å²) >= 11 is 0. The van der Waals surface area contributed by atoms with Gasteiger partial charge >= 0.3 is 5.69 Å². The van der Waals surface area contributed by atoms with Crippen LogP contribution < -0.4 is 16.3 Å². The summed E-state index contributed by atoms with van der Waals surface area (Å²) in [6, 6.07) is 7.61. The third-order valence-electron chi connectivity index (χ3n) is 3.54. The zero-order chi connectivity index (χ0) is 15.2. The van der Waals surface area contributed by atoms with Gasteiger partial charge in [0.2, 0.25) is 5.91 Å². The lowest BCUT2D eigenvalue weighted by Gasteiger charge is -2.06. The minimum absolute atomic E-state index is 0. The van der Waals surface area contributed by atoms with Gasteiger partial charge in [-0.05, 0) is 32.1 Å². The van der Waals surface area contributed by atoms with Crippen molar-refractivity contribution >= 4 is 29.3 Å². The second kappa shape index (κ2) is 8.60. The summed E-state index contributed by atoms with van der Waals surface area (Å²) in [5.74, 6) is -0.0223. The standard InChI is InChI=1S/C15H22N4O2.ClH/c1-16-9-5-10-17-14(20)8-11-19-13-7-4-3-6-12(13)18(2)15(19)21;/h3-4,6-7,16H,5,8-11H2,1-2H3,(H,17,20);1H. The highest BCUT2D eigenvalue weighted by atomic mass is 35.5. The van der Waals surface area contributed by atoms with E-state index < -0.39 is 0 Å². The Morgan fingerprint density at radius 1 is 1.18 bits per heavy atom. The van der Waals surface area contributed by atoms with Crippen LogP contribution in [0.15, 0.2) is 29.1 Å². The molecule has 6 nitrogen and oxygen atoms in total. The Kier molecular flexibility index (Phi) is 7.14. The molecule has 7 heteroatoms. The molecule has 0 aliphatic rings. The molecule has 1 aromatic heterocycles. The summed E-state index contributed by atoms with van der Waals surface area (Å²) < 4.78 is 3.27. The molecule has 22 heavy (non-hydrogen) atoms. The van der Waals surface area contributed by atoms with Crippen molar-refractivity contribution in [2.75, 3.05) is 20.1 Å².